The SMILES string of the molecule is CCC(=O)c1cccc(C(NBr)C(=O)O)c1. The van der Waals surface area contributed by atoms with Gasteiger partial charge in [0, 0.05) is 28.1 Å². The van der Waals surface area contributed by atoms with E-state index >= 15 is 0 Å². The third kappa shape index (κ3) is 2.90. The number of ketones is 1. The van der Waals surface area contributed by atoms with Crippen molar-refractivity contribution in [2.45, 2.75) is 19.4 Å². The average Bonchev–Trinajstić information content (AvgIpc) is 2.29. The molecule has 86 valence electrons. The second-order valence-corrected chi connectivity index (χ2v) is 3.74. The van der Waals surface area contributed by atoms with Crippen molar-refractivity contribution in [1.29, 1.82) is 0 Å². The van der Waals surface area contributed by atoms with Gasteiger partial charge in [0.2, 0.25) is 0 Å². The summed E-state index contributed by atoms with van der Waals surface area (Å²) >= 11 is 2.92. The molecule has 1 atom stereocenters. The van der Waals surface area contributed by atoms with Crippen LogP contribution in [0.1, 0.15) is 35.3 Å². The van der Waals surface area contributed by atoms with Crippen LogP contribution >= 0.6 is 16.1 Å². The number of carboxylic acid groups (broad SMARTS) is 1. The molecule has 0 heterocycles. The molecule has 0 fully saturated rings. The van der Waals surface area contributed by atoms with Gasteiger partial charge >= 0.3 is 5.97 Å². The van der Waals surface area contributed by atoms with Crippen molar-refractivity contribution in [1.82, 2.24) is 4.34 Å². The van der Waals surface area contributed by atoms with E-state index in [1.807, 2.05) is 0 Å². The van der Waals surface area contributed by atoms with Crippen molar-refractivity contribution >= 4 is 27.9 Å². The topological polar surface area (TPSA) is 66.4 Å². The zero-order valence-corrected chi connectivity index (χ0v) is 10.3. The summed E-state index contributed by atoms with van der Waals surface area (Å²) in [7, 11) is 0. The molecule has 0 spiro atoms. The highest BCUT2D eigenvalue weighted by atomic mass is 79.9. The maximum atomic E-state index is 11.5. The van der Waals surface area contributed by atoms with Crippen LogP contribution in [0.25, 0.3) is 0 Å². The summed E-state index contributed by atoms with van der Waals surface area (Å²) < 4.78 is 2.50. The minimum absolute atomic E-state index is 0.000520. The van der Waals surface area contributed by atoms with E-state index < -0.39 is 12.0 Å². The Bertz CT molecular complexity index is 406. The number of hydrogen-bond donors (Lipinski definition) is 2. The number of carboxylic acids is 1. The number of halogens is 1. The molecule has 0 bridgehead atoms. The van der Waals surface area contributed by atoms with E-state index in [0.717, 1.165) is 0 Å². The summed E-state index contributed by atoms with van der Waals surface area (Å²) in [5.41, 5.74) is 1.08. The van der Waals surface area contributed by atoms with Crippen LogP contribution in [0.5, 0.6) is 0 Å². The lowest BCUT2D eigenvalue weighted by atomic mass is 10.0. The van der Waals surface area contributed by atoms with Gasteiger partial charge in [0.1, 0.15) is 6.04 Å². The molecule has 1 unspecified atom stereocenters. The van der Waals surface area contributed by atoms with Gasteiger partial charge in [-0.15, -0.1) is 0 Å². The zero-order chi connectivity index (χ0) is 12.1. The highest BCUT2D eigenvalue weighted by Crippen LogP contribution is 2.17. The molecule has 0 aromatic heterocycles. The quantitative estimate of drug-likeness (QED) is 0.644. The first kappa shape index (κ1) is 12.9. The Balaban J connectivity index is 3.06. The van der Waals surface area contributed by atoms with Gasteiger partial charge in [-0.1, -0.05) is 25.1 Å². The third-order valence-electron chi connectivity index (χ3n) is 2.22. The van der Waals surface area contributed by atoms with Crippen molar-refractivity contribution in [3.63, 3.8) is 0 Å². The van der Waals surface area contributed by atoms with Gasteiger partial charge in [-0.05, 0) is 11.6 Å². The second kappa shape index (κ2) is 5.77. The fraction of sp³-hybridized carbons (Fsp3) is 0.273. The number of benzene rings is 1. The first-order chi connectivity index (χ1) is 7.60. The van der Waals surface area contributed by atoms with Crippen LogP contribution in [-0.2, 0) is 4.79 Å². The van der Waals surface area contributed by atoms with E-state index in [0.29, 0.717) is 17.5 Å². The van der Waals surface area contributed by atoms with Gasteiger partial charge in [0.05, 0.1) is 0 Å². The maximum Gasteiger partial charge on any atom is 0.326 e. The van der Waals surface area contributed by atoms with E-state index in [9.17, 15) is 9.59 Å². The minimum Gasteiger partial charge on any atom is -0.480 e. The first-order valence-electron chi connectivity index (χ1n) is 4.82. The summed E-state index contributed by atoms with van der Waals surface area (Å²) in [5.74, 6) is -1.00. The molecule has 0 aliphatic carbocycles. The van der Waals surface area contributed by atoms with E-state index in [1.165, 1.54) is 0 Å². The number of nitrogens with one attached hydrogen (secondary N) is 1. The largest absolute Gasteiger partial charge is 0.480 e. The molecule has 0 saturated carbocycles. The summed E-state index contributed by atoms with van der Waals surface area (Å²) in [4.78, 5) is 22.4. The maximum absolute atomic E-state index is 11.5. The fourth-order valence-electron chi connectivity index (χ4n) is 1.35. The molecule has 1 rings (SSSR count). The summed E-state index contributed by atoms with van der Waals surface area (Å²) in [5, 5.41) is 8.94. The molecule has 2 N–H and O–H groups in total. The summed E-state index contributed by atoms with van der Waals surface area (Å²) in [6, 6.07) is 5.77. The van der Waals surface area contributed by atoms with E-state index in [2.05, 4.69) is 20.5 Å². The van der Waals surface area contributed by atoms with Gasteiger partial charge in [0.15, 0.2) is 5.78 Å². The Labute approximate surface area is 102 Å². The molecule has 0 saturated heterocycles. The molecular formula is C11H12BrNO3. The zero-order valence-electron chi connectivity index (χ0n) is 8.74. The Morgan fingerprint density at radius 2 is 2.19 bits per heavy atom. The lowest BCUT2D eigenvalue weighted by Crippen LogP contribution is -2.21. The number of hydrogen-bond acceptors (Lipinski definition) is 3. The summed E-state index contributed by atoms with van der Waals surface area (Å²) in [6.45, 7) is 1.77. The van der Waals surface area contributed by atoms with E-state index in [1.54, 1.807) is 31.2 Å². The smallest absolute Gasteiger partial charge is 0.326 e. The molecule has 0 amide bonds. The van der Waals surface area contributed by atoms with Gasteiger partial charge in [0.25, 0.3) is 0 Å². The molecule has 0 radical (unpaired) electrons. The van der Waals surface area contributed by atoms with Crippen LogP contribution in [0.4, 0.5) is 0 Å². The number of rotatable bonds is 5. The summed E-state index contributed by atoms with van der Waals surface area (Å²) in [6.07, 6.45) is 0.406. The lowest BCUT2D eigenvalue weighted by molar-refractivity contribution is -0.139. The Morgan fingerprint density at radius 1 is 1.50 bits per heavy atom. The van der Waals surface area contributed by atoms with Gasteiger partial charge in [-0.25, -0.2) is 4.34 Å². The second-order valence-electron chi connectivity index (χ2n) is 3.28. The predicted molar refractivity (Wildman–Crippen MR) is 63.5 cm³/mol. The molecule has 0 aliphatic rings. The first-order valence-corrected chi connectivity index (χ1v) is 5.61. The number of aliphatic carboxylic acids is 1. The van der Waals surface area contributed by atoms with Gasteiger partial charge in [-0.2, -0.15) is 0 Å². The van der Waals surface area contributed by atoms with Crippen LogP contribution in [0.3, 0.4) is 0 Å². The molecule has 0 aliphatic heterocycles. The molecule has 1 aromatic carbocycles. The minimum atomic E-state index is -1.00. The Hall–Kier alpha value is -1.20. The van der Waals surface area contributed by atoms with Crippen molar-refractivity contribution in [3.05, 3.63) is 35.4 Å². The number of Topliss-reactive ketones (excluding diaryl/α,β-unsaturated/α-hetero) is 1. The van der Waals surface area contributed by atoms with Crippen molar-refractivity contribution < 1.29 is 14.7 Å². The highest BCUT2D eigenvalue weighted by Gasteiger charge is 2.18. The standard InChI is InChI=1S/C11H12BrNO3/c1-2-9(14)7-4-3-5-8(6-7)10(13-12)11(15)16/h3-6,10,13H,2H2,1H3,(H,15,16). The Kier molecular flexibility index (Phi) is 4.64. The van der Waals surface area contributed by atoms with Crippen LogP contribution < -0.4 is 4.34 Å². The Morgan fingerprint density at radius 3 is 2.69 bits per heavy atom. The van der Waals surface area contributed by atoms with Crippen LogP contribution in [-0.4, -0.2) is 16.9 Å². The van der Waals surface area contributed by atoms with Crippen LogP contribution in [0.15, 0.2) is 24.3 Å². The number of carbonyl (C=O) groups is 2. The third-order valence-corrected chi connectivity index (χ3v) is 2.68. The van der Waals surface area contributed by atoms with Crippen molar-refractivity contribution in [2.75, 3.05) is 0 Å². The van der Waals surface area contributed by atoms with Gasteiger partial charge in [-0.3, -0.25) is 9.59 Å². The molecule has 4 nitrogen and oxygen atoms in total. The van der Waals surface area contributed by atoms with Crippen molar-refractivity contribution in [3.8, 4) is 0 Å². The normalized spacial score (nSPS) is 12.1. The van der Waals surface area contributed by atoms with E-state index in [4.69, 9.17) is 5.11 Å². The van der Waals surface area contributed by atoms with Crippen LogP contribution in [0, 0.1) is 0 Å². The monoisotopic (exact) mass is 285 g/mol. The molecule has 1 aromatic rings. The molecule has 5 heteroatoms. The highest BCUT2D eigenvalue weighted by molar-refractivity contribution is 9.08. The van der Waals surface area contributed by atoms with Gasteiger partial charge < -0.3 is 5.11 Å². The average molecular weight is 286 g/mol. The lowest BCUT2D eigenvalue weighted by Gasteiger charge is -2.11. The van der Waals surface area contributed by atoms with E-state index in [-0.39, 0.29) is 5.78 Å². The fourth-order valence-corrected chi connectivity index (χ4v) is 1.81. The molecular weight excluding hydrogens is 274 g/mol. The number of carbonyl (C=O) groups excluding carboxylic acids is 1. The van der Waals surface area contributed by atoms with Crippen molar-refractivity contribution in [2.24, 2.45) is 0 Å². The predicted octanol–water partition coefficient (Wildman–Crippen LogP) is 2.30. The van der Waals surface area contributed by atoms with Crippen LogP contribution in [0.2, 0.25) is 0 Å². The molecule has 16 heavy (non-hydrogen) atoms.